The standard InChI is InChI=1S/C21H19F2N3O3/c1-3-5-17(27)13-6-4-7-15(12-13)21(18(28)26(2)20(24)25-21)14-8-10-16(11-9-14)29-19(22)23/h4,6-12,17,19,27H,1-2H3,(H2,24,25). The number of aliphatic hydroxyl groups is 1. The fourth-order valence-corrected chi connectivity index (χ4v) is 3.22. The van der Waals surface area contributed by atoms with Gasteiger partial charge in [0.1, 0.15) is 11.9 Å². The van der Waals surface area contributed by atoms with Crippen molar-refractivity contribution < 1.29 is 23.4 Å². The predicted molar refractivity (Wildman–Crippen MR) is 103 cm³/mol. The molecule has 1 aliphatic heterocycles. The van der Waals surface area contributed by atoms with Gasteiger partial charge in [0, 0.05) is 7.05 Å². The summed E-state index contributed by atoms with van der Waals surface area (Å²) in [4.78, 5) is 18.8. The summed E-state index contributed by atoms with van der Waals surface area (Å²) >= 11 is 0. The van der Waals surface area contributed by atoms with Crippen LogP contribution in [0.3, 0.4) is 0 Å². The van der Waals surface area contributed by atoms with Crippen molar-refractivity contribution >= 4 is 11.9 Å². The molecular formula is C21H19F2N3O3. The molecule has 0 aromatic heterocycles. The van der Waals surface area contributed by atoms with Crippen molar-refractivity contribution in [3.8, 4) is 17.6 Å². The van der Waals surface area contributed by atoms with Crippen molar-refractivity contribution in [1.29, 1.82) is 0 Å². The van der Waals surface area contributed by atoms with Crippen molar-refractivity contribution in [2.75, 3.05) is 7.05 Å². The van der Waals surface area contributed by atoms with Gasteiger partial charge in [-0.2, -0.15) is 8.78 Å². The van der Waals surface area contributed by atoms with Crippen LogP contribution in [0.2, 0.25) is 0 Å². The van der Waals surface area contributed by atoms with Crippen molar-refractivity contribution in [2.24, 2.45) is 10.7 Å². The molecule has 0 bridgehead atoms. The number of carbonyl (C=O) groups excluding carboxylic acids is 1. The van der Waals surface area contributed by atoms with Crippen LogP contribution in [0.15, 0.2) is 53.5 Å². The molecule has 3 N–H and O–H groups in total. The van der Waals surface area contributed by atoms with Crippen LogP contribution in [0.5, 0.6) is 5.75 Å². The largest absolute Gasteiger partial charge is 0.435 e. The molecule has 6 nitrogen and oxygen atoms in total. The third kappa shape index (κ3) is 3.65. The fourth-order valence-electron chi connectivity index (χ4n) is 3.22. The minimum Gasteiger partial charge on any atom is -0.435 e. The van der Waals surface area contributed by atoms with Gasteiger partial charge in [0.15, 0.2) is 11.5 Å². The van der Waals surface area contributed by atoms with Gasteiger partial charge < -0.3 is 15.6 Å². The van der Waals surface area contributed by atoms with E-state index in [2.05, 4.69) is 21.6 Å². The number of ether oxygens (including phenoxy) is 1. The molecule has 2 aromatic rings. The van der Waals surface area contributed by atoms with E-state index in [-0.39, 0.29) is 11.7 Å². The van der Waals surface area contributed by atoms with Crippen molar-refractivity contribution in [3.05, 3.63) is 65.2 Å². The SMILES string of the molecule is CC#CC(O)c1cccc(C2(c3ccc(OC(F)F)cc3)N=C(N)N(C)C2=O)c1. The summed E-state index contributed by atoms with van der Waals surface area (Å²) in [6.07, 6.45) is -1.03. The van der Waals surface area contributed by atoms with Crippen molar-refractivity contribution in [3.63, 3.8) is 0 Å². The molecule has 0 spiro atoms. The van der Waals surface area contributed by atoms with Gasteiger partial charge >= 0.3 is 6.61 Å². The van der Waals surface area contributed by atoms with Gasteiger partial charge in [0.25, 0.3) is 5.91 Å². The van der Waals surface area contributed by atoms with Crippen LogP contribution in [0.1, 0.15) is 29.7 Å². The van der Waals surface area contributed by atoms with Crippen molar-refractivity contribution in [2.45, 2.75) is 25.2 Å². The summed E-state index contributed by atoms with van der Waals surface area (Å²) in [5.74, 6) is 4.85. The first-order chi connectivity index (χ1) is 13.8. The Labute approximate surface area is 166 Å². The number of benzene rings is 2. The highest BCUT2D eigenvalue weighted by molar-refractivity contribution is 6.08. The number of likely N-dealkylation sites (N-methyl/N-ethyl adjacent to an activating group) is 1. The van der Waals surface area contributed by atoms with Crippen LogP contribution in [0, 0.1) is 11.8 Å². The van der Waals surface area contributed by atoms with E-state index in [0.29, 0.717) is 16.7 Å². The number of amides is 1. The second-order valence-corrected chi connectivity index (χ2v) is 6.37. The Bertz CT molecular complexity index is 1010. The number of aliphatic imine (C=N–C) groups is 1. The second kappa shape index (κ2) is 7.89. The Kier molecular flexibility index (Phi) is 5.52. The van der Waals surface area contributed by atoms with Gasteiger partial charge in [-0.25, -0.2) is 4.99 Å². The summed E-state index contributed by atoms with van der Waals surface area (Å²) in [5.41, 5.74) is 5.78. The fraction of sp³-hybridized carbons (Fsp3) is 0.238. The number of guanidine groups is 1. The number of aliphatic hydroxyl groups excluding tert-OH is 1. The normalized spacial score (nSPS) is 19.6. The number of hydrogen-bond acceptors (Lipinski definition) is 5. The Balaban J connectivity index is 2.15. The van der Waals surface area contributed by atoms with E-state index in [1.165, 1.54) is 36.2 Å². The minimum absolute atomic E-state index is 0.0159. The number of hydrogen-bond donors (Lipinski definition) is 2. The first-order valence-corrected chi connectivity index (χ1v) is 8.69. The predicted octanol–water partition coefficient (Wildman–Crippen LogP) is 2.38. The van der Waals surface area contributed by atoms with Gasteiger partial charge in [0.2, 0.25) is 0 Å². The van der Waals surface area contributed by atoms with E-state index in [1.54, 1.807) is 31.2 Å². The summed E-state index contributed by atoms with van der Waals surface area (Å²) < 4.78 is 29.3. The molecular weight excluding hydrogens is 380 g/mol. The van der Waals surface area contributed by atoms with Crippen LogP contribution in [0.4, 0.5) is 8.78 Å². The molecule has 0 aliphatic carbocycles. The van der Waals surface area contributed by atoms with Gasteiger partial charge in [-0.05, 0) is 41.8 Å². The maximum Gasteiger partial charge on any atom is 0.387 e. The Morgan fingerprint density at radius 3 is 2.45 bits per heavy atom. The van der Waals surface area contributed by atoms with Gasteiger partial charge in [-0.15, -0.1) is 5.92 Å². The molecule has 0 radical (unpaired) electrons. The highest BCUT2D eigenvalue weighted by Crippen LogP contribution is 2.40. The highest BCUT2D eigenvalue weighted by atomic mass is 19.3. The zero-order valence-electron chi connectivity index (χ0n) is 15.8. The van der Waals surface area contributed by atoms with Gasteiger partial charge in [-0.1, -0.05) is 36.3 Å². The van der Waals surface area contributed by atoms with Crippen LogP contribution >= 0.6 is 0 Å². The zero-order valence-corrected chi connectivity index (χ0v) is 15.8. The minimum atomic E-state index is -2.96. The van der Waals surface area contributed by atoms with Crippen LogP contribution in [0.25, 0.3) is 0 Å². The maximum atomic E-state index is 13.2. The lowest BCUT2D eigenvalue weighted by molar-refractivity contribution is -0.129. The topological polar surface area (TPSA) is 88.2 Å². The molecule has 0 saturated heterocycles. The number of nitrogens with two attached hydrogens (primary N) is 1. The molecule has 0 fully saturated rings. The average Bonchev–Trinajstić information content (AvgIpc) is 2.93. The molecule has 150 valence electrons. The number of carbonyl (C=O) groups is 1. The summed E-state index contributed by atoms with van der Waals surface area (Å²) in [5, 5.41) is 10.2. The molecule has 1 amide bonds. The van der Waals surface area contributed by atoms with E-state index in [4.69, 9.17) is 5.73 Å². The Hall–Kier alpha value is -3.44. The molecule has 2 aromatic carbocycles. The monoisotopic (exact) mass is 399 g/mol. The molecule has 8 heteroatoms. The second-order valence-electron chi connectivity index (χ2n) is 6.37. The number of alkyl halides is 2. The smallest absolute Gasteiger partial charge is 0.387 e. The van der Waals surface area contributed by atoms with Crippen LogP contribution < -0.4 is 10.5 Å². The lowest BCUT2D eigenvalue weighted by atomic mass is 9.82. The Morgan fingerprint density at radius 2 is 1.90 bits per heavy atom. The van der Waals surface area contributed by atoms with Gasteiger partial charge in [-0.3, -0.25) is 9.69 Å². The molecule has 29 heavy (non-hydrogen) atoms. The van der Waals surface area contributed by atoms with Gasteiger partial charge in [0.05, 0.1) is 0 Å². The number of halogens is 2. The van der Waals surface area contributed by atoms with Crippen LogP contribution in [-0.2, 0) is 10.3 Å². The molecule has 0 saturated carbocycles. The quantitative estimate of drug-likeness (QED) is 0.756. The van der Waals surface area contributed by atoms with Crippen LogP contribution in [-0.4, -0.2) is 35.5 Å². The van der Waals surface area contributed by atoms with Crippen molar-refractivity contribution in [1.82, 2.24) is 4.90 Å². The molecule has 1 heterocycles. The zero-order chi connectivity index (χ0) is 21.2. The molecule has 2 unspecified atom stereocenters. The van der Waals surface area contributed by atoms with E-state index in [9.17, 15) is 18.7 Å². The molecule has 2 atom stereocenters. The lowest BCUT2D eigenvalue weighted by Gasteiger charge is -2.27. The summed E-state index contributed by atoms with van der Waals surface area (Å²) in [7, 11) is 1.50. The maximum absolute atomic E-state index is 13.2. The molecule has 3 rings (SSSR count). The summed E-state index contributed by atoms with van der Waals surface area (Å²) in [6.45, 7) is -1.35. The third-order valence-corrected chi connectivity index (χ3v) is 4.64. The summed E-state index contributed by atoms with van der Waals surface area (Å²) in [6, 6.07) is 12.3. The average molecular weight is 399 g/mol. The van der Waals surface area contributed by atoms with E-state index < -0.39 is 24.2 Å². The van der Waals surface area contributed by atoms with E-state index >= 15 is 0 Å². The first-order valence-electron chi connectivity index (χ1n) is 8.69. The first kappa shape index (κ1) is 20.3. The number of rotatable bonds is 5. The highest BCUT2D eigenvalue weighted by Gasteiger charge is 2.49. The van der Waals surface area contributed by atoms with E-state index in [0.717, 1.165) is 0 Å². The Morgan fingerprint density at radius 1 is 1.21 bits per heavy atom. The third-order valence-electron chi connectivity index (χ3n) is 4.64. The van der Waals surface area contributed by atoms with E-state index in [1.807, 2.05) is 0 Å². The number of nitrogens with zero attached hydrogens (tertiary/aromatic N) is 2. The molecule has 1 aliphatic rings. The lowest BCUT2D eigenvalue weighted by Crippen LogP contribution is -2.41.